The molecule has 0 fully saturated rings. The highest BCUT2D eigenvalue weighted by Gasteiger charge is 2.38. The summed E-state index contributed by atoms with van der Waals surface area (Å²) in [6, 6.07) is 11.9. The van der Waals surface area contributed by atoms with E-state index in [2.05, 4.69) is 17.5 Å². The van der Waals surface area contributed by atoms with Gasteiger partial charge in [0.2, 0.25) is 0 Å². The van der Waals surface area contributed by atoms with Crippen LogP contribution in [0, 0.1) is 11.7 Å². The Labute approximate surface area is 133 Å². The van der Waals surface area contributed by atoms with Gasteiger partial charge in [-0.15, -0.1) is 0 Å². The van der Waals surface area contributed by atoms with E-state index < -0.39 is 5.97 Å². The van der Waals surface area contributed by atoms with Crippen molar-refractivity contribution in [2.75, 3.05) is 5.32 Å². The molecule has 0 saturated heterocycles. The fourth-order valence-corrected chi connectivity index (χ4v) is 3.73. The second-order valence-electron chi connectivity index (χ2n) is 6.13. The Morgan fingerprint density at radius 3 is 2.70 bits per heavy atom. The summed E-state index contributed by atoms with van der Waals surface area (Å²) in [6.45, 7) is 0. The lowest BCUT2D eigenvalue weighted by atomic mass is 9.76. The fourth-order valence-electron chi connectivity index (χ4n) is 3.73. The predicted molar refractivity (Wildman–Crippen MR) is 86.2 cm³/mol. The molecule has 0 spiro atoms. The van der Waals surface area contributed by atoms with Crippen molar-refractivity contribution < 1.29 is 14.3 Å². The molecule has 0 saturated carbocycles. The van der Waals surface area contributed by atoms with E-state index in [1.807, 2.05) is 18.2 Å². The molecule has 2 aromatic rings. The maximum absolute atomic E-state index is 13.2. The molecule has 2 aromatic carbocycles. The molecule has 23 heavy (non-hydrogen) atoms. The van der Waals surface area contributed by atoms with Gasteiger partial charge in [0.25, 0.3) is 0 Å². The molecule has 1 heterocycles. The molecular formula is C19H16FNO2. The lowest BCUT2D eigenvalue weighted by Gasteiger charge is -2.37. The summed E-state index contributed by atoms with van der Waals surface area (Å²) in [5.41, 5.74) is 3.35. The van der Waals surface area contributed by atoms with Crippen LogP contribution >= 0.6 is 0 Å². The summed E-state index contributed by atoms with van der Waals surface area (Å²) < 4.78 is 13.2. The molecular weight excluding hydrogens is 293 g/mol. The van der Waals surface area contributed by atoms with Crippen molar-refractivity contribution in [3.63, 3.8) is 0 Å². The number of benzene rings is 2. The minimum absolute atomic E-state index is 0.0961. The second-order valence-corrected chi connectivity index (χ2v) is 6.13. The number of halogens is 1. The Hall–Kier alpha value is -2.62. The Morgan fingerprint density at radius 2 is 1.96 bits per heavy atom. The van der Waals surface area contributed by atoms with Crippen LogP contribution in [0.3, 0.4) is 0 Å². The van der Waals surface area contributed by atoms with Crippen LogP contribution in [-0.4, -0.2) is 11.1 Å². The third kappa shape index (κ3) is 2.31. The number of aromatic carboxylic acids is 1. The van der Waals surface area contributed by atoms with Crippen LogP contribution in [0.2, 0.25) is 0 Å². The topological polar surface area (TPSA) is 49.3 Å². The molecule has 2 N–H and O–H groups in total. The van der Waals surface area contributed by atoms with Crippen LogP contribution in [0.25, 0.3) is 0 Å². The molecule has 3 nitrogen and oxygen atoms in total. The summed E-state index contributed by atoms with van der Waals surface area (Å²) in [7, 11) is 0. The average molecular weight is 309 g/mol. The molecule has 0 radical (unpaired) electrons. The van der Waals surface area contributed by atoms with Gasteiger partial charge < -0.3 is 10.4 Å². The maximum atomic E-state index is 13.2. The monoisotopic (exact) mass is 309 g/mol. The van der Waals surface area contributed by atoms with E-state index in [0.29, 0.717) is 11.5 Å². The zero-order chi connectivity index (χ0) is 16.0. The number of carboxylic acids is 1. The minimum Gasteiger partial charge on any atom is -0.478 e. The van der Waals surface area contributed by atoms with Gasteiger partial charge in [-0.2, -0.15) is 0 Å². The van der Waals surface area contributed by atoms with E-state index in [1.165, 1.54) is 12.1 Å². The summed E-state index contributed by atoms with van der Waals surface area (Å²) in [5.74, 6) is -0.637. The van der Waals surface area contributed by atoms with Crippen LogP contribution in [0.4, 0.5) is 10.1 Å². The largest absolute Gasteiger partial charge is 0.478 e. The zero-order valence-corrected chi connectivity index (χ0v) is 12.4. The van der Waals surface area contributed by atoms with Crippen molar-refractivity contribution in [2.45, 2.75) is 18.4 Å². The summed E-state index contributed by atoms with van der Waals surface area (Å²) >= 11 is 0. The maximum Gasteiger partial charge on any atom is 0.335 e. The zero-order valence-electron chi connectivity index (χ0n) is 12.4. The molecule has 4 heteroatoms. The summed E-state index contributed by atoms with van der Waals surface area (Å²) in [5, 5.41) is 12.7. The molecule has 116 valence electrons. The van der Waals surface area contributed by atoms with Gasteiger partial charge >= 0.3 is 5.97 Å². The molecule has 0 aromatic heterocycles. The van der Waals surface area contributed by atoms with E-state index in [-0.39, 0.29) is 17.8 Å². The van der Waals surface area contributed by atoms with Crippen LogP contribution < -0.4 is 5.32 Å². The smallest absolute Gasteiger partial charge is 0.335 e. The van der Waals surface area contributed by atoms with Crippen molar-refractivity contribution >= 4 is 11.7 Å². The Balaban J connectivity index is 1.77. The van der Waals surface area contributed by atoms with Crippen molar-refractivity contribution in [2.24, 2.45) is 5.92 Å². The Bertz CT molecular complexity index is 798. The third-order valence-electron chi connectivity index (χ3n) is 4.84. The average Bonchev–Trinajstić information content (AvgIpc) is 3.04. The lowest BCUT2D eigenvalue weighted by molar-refractivity contribution is 0.0696. The van der Waals surface area contributed by atoms with Gasteiger partial charge in [-0.25, -0.2) is 9.18 Å². The van der Waals surface area contributed by atoms with Crippen molar-refractivity contribution in [3.8, 4) is 0 Å². The third-order valence-corrected chi connectivity index (χ3v) is 4.84. The highest BCUT2D eigenvalue weighted by Crippen LogP contribution is 2.49. The van der Waals surface area contributed by atoms with Crippen LogP contribution in [0.15, 0.2) is 54.6 Å². The van der Waals surface area contributed by atoms with Gasteiger partial charge in [-0.05, 0) is 53.8 Å². The number of hydrogen-bond acceptors (Lipinski definition) is 2. The van der Waals surface area contributed by atoms with E-state index >= 15 is 0 Å². The van der Waals surface area contributed by atoms with Crippen LogP contribution in [0.1, 0.15) is 39.9 Å². The molecule has 1 aliphatic carbocycles. The number of allylic oxidation sites excluding steroid dienone is 2. The van der Waals surface area contributed by atoms with Gasteiger partial charge in [0, 0.05) is 11.6 Å². The number of fused-ring (bicyclic) bond motifs is 3. The van der Waals surface area contributed by atoms with E-state index in [9.17, 15) is 14.3 Å². The number of carbonyl (C=O) groups is 1. The number of rotatable bonds is 2. The summed E-state index contributed by atoms with van der Waals surface area (Å²) in [4.78, 5) is 11.2. The SMILES string of the molecule is O=C(O)c1ccc2c(c1)[C@@H]1C=CC[C@H]1[C@@H](c1ccc(F)cc1)N2. The van der Waals surface area contributed by atoms with E-state index in [0.717, 1.165) is 23.2 Å². The number of anilines is 1. The normalized spacial score (nSPS) is 24.7. The molecule has 3 atom stereocenters. The lowest BCUT2D eigenvalue weighted by Crippen LogP contribution is -2.29. The summed E-state index contributed by atoms with van der Waals surface area (Å²) in [6.07, 6.45) is 5.24. The molecule has 4 rings (SSSR count). The van der Waals surface area contributed by atoms with E-state index in [1.54, 1.807) is 12.1 Å². The van der Waals surface area contributed by atoms with Gasteiger partial charge in [-0.3, -0.25) is 0 Å². The van der Waals surface area contributed by atoms with Gasteiger partial charge in [0.05, 0.1) is 11.6 Å². The van der Waals surface area contributed by atoms with E-state index in [4.69, 9.17) is 0 Å². The van der Waals surface area contributed by atoms with Crippen LogP contribution in [0.5, 0.6) is 0 Å². The first-order valence-corrected chi connectivity index (χ1v) is 7.69. The highest BCUT2D eigenvalue weighted by molar-refractivity contribution is 5.89. The molecule has 0 amide bonds. The first-order valence-electron chi connectivity index (χ1n) is 7.69. The second kappa shape index (κ2) is 5.23. The van der Waals surface area contributed by atoms with Gasteiger partial charge in [0.1, 0.15) is 5.82 Å². The molecule has 1 aliphatic heterocycles. The standard InChI is InChI=1S/C19H16FNO2/c20-13-7-4-11(5-8-13)18-15-3-1-2-14(15)16-10-12(19(22)23)6-9-17(16)21-18/h1-2,4-10,14-15,18,21H,3H2,(H,22,23)/t14-,15-,18-/m1/s1. The molecule has 0 unspecified atom stereocenters. The van der Waals surface area contributed by atoms with Crippen molar-refractivity contribution in [1.82, 2.24) is 0 Å². The Morgan fingerprint density at radius 1 is 1.17 bits per heavy atom. The first kappa shape index (κ1) is 14.0. The van der Waals surface area contributed by atoms with Crippen LogP contribution in [-0.2, 0) is 0 Å². The molecule has 0 bridgehead atoms. The molecule has 2 aliphatic rings. The fraction of sp³-hybridized carbons (Fsp3) is 0.211. The number of carboxylic acid groups (broad SMARTS) is 1. The number of hydrogen-bond donors (Lipinski definition) is 2. The highest BCUT2D eigenvalue weighted by atomic mass is 19.1. The quantitative estimate of drug-likeness (QED) is 0.811. The number of nitrogens with one attached hydrogen (secondary N) is 1. The van der Waals surface area contributed by atoms with Crippen molar-refractivity contribution in [3.05, 3.63) is 77.1 Å². The Kier molecular flexibility index (Phi) is 3.18. The first-order chi connectivity index (χ1) is 11.1. The van der Waals surface area contributed by atoms with Gasteiger partial charge in [-0.1, -0.05) is 24.3 Å². The predicted octanol–water partition coefficient (Wildman–Crippen LogP) is 4.35. The van der Waals surface area contributed by atoms with Crippen molar-refractivity contribution in [1.29, 1.82) is 0 Å². The minimum atomic E-state index is -0.910. The van der Waals surface area contributed by atoms with Gasteiger partial charge in [0.15, 0.2) is 0 Å².